The third-order valence-electron chi connectivity index (χ3n) is 2.05. The third kappa shape index (κ3) is 4.41. The summed E-state index contributed by atoms with van der Waals surface area (Å²) in [6, 6.07) is 8.10. The number of rotatable bonds is 1. The predicted octanol–water partition coefficient (Wildman–Crippen LogP) is 2.90. The molecule has 0 unspecified atom stereocenters. The molecule has 17 heavy (non-hydrogen) atoms. The SMILES string of the molecule is CN(C)C=O.Cc1ccc2cnc(Cl)cc2c1. The van der Waals surface area contributed by atoms with Gasteiger partial charge in [0, 0.05) is 25.7 Å². The predicted molar refractivity (Wildman–Crippen MR) is 71.2 cm³/mol. The van der Waals surface area contributed by atoms with Crippen molar-refractivity contribution < 1.29 is 4.79 Å². The Morgan fingerprint density at radius 1 is 1.24 bits per heavy atom. The largest absolute Gasteiger partial charge is 0.351 e. The molecule has 1 aromatic carbocycles. The fourth-order valence-corrected chi connectivity index (χ4v) is 1.40. The van der Waals surface area contributed by atoms with Crippen LogP contribution in [0.3, 0.4) is 0 Å². The maximum atomic E-state index is 9.43. The van der Waals surface area contributed by atoms with Gasteiger partial charge in [-0.1, -0.05) is 35.4 Å². The van der Waals surface area contributed by atoms with Gasteiger partial charge >= 0.3 is 0 Å². The number of benzene rings is 1. The zero-order valence-corrected chi connectivity index (χ0v) is 10.9. The molecule has 90 valence electrons. The van der Waals surface area contributed by atoms with Crippen molar-refractivity contribution in [2.24, 2.45) is 0 Å². The molecule has 0 spiro atoms. The van der Waals surface area contributed by atoms with Crippen LogP contribution in [0.1, 0.15) is 5.56 Å². The first-order valence-electron chi connectivity index (χ1n) is 5.16. The number of hydrogen-bond acceptors (Lipinski definition) is 2. The van der Waals surface area contributed by atoms with E-state index in [1.165, 1.54) is 10.5 Å². The van der Waals surface area contributed by atoms with Crippen molar-refractivity contribution in [3.63, 3.8) is 0 Å². The van der Waals surface area contributed by atoms with E-state index in [0.29, 0.717) is 5.15 Å². The third-order valence-corrected chi connectivity index (χ3v) is 2.26. The Labute approximate surface area is 106 Å². The smallest absolute Gasteiger partial charge is 0.209 e. The van der Waals surface area contributed by atoms with Crippen LogP contribution >= 0.6 is 11.6 Å². The number of amides is 1. The van der Waals surface area contributed by atoms with Crippen LogP contribution in [0.2, 0.25) is 5.15 Å². The molecular weight excluding hydrogens is 236 g/mol. The molecule has 0 atom stereocenters. The molecule has 1 amide bonds. The molecule has 0 bridgehead atoms. The molecule has 0 N–H and O–H groups in total. The van der Waals surface area contributed by atoms with Gasteiger partial charge in [-0.25, -0.2) is 4.98 Å². The van der Waals surface area contributed by atoms with E-state index < -0.39 is 0 Å². The minimum absolute atomic E-state index is 0.549. The number of aromatic nitrogens is 1. The molecule has 0 saturated heterocycles. The highest BCUT2D eigenvalue weighted by atomic mass is 35.5. The van der Waals surface area contributed by atoms with Crippen LogP contribution in [0, 0.1) is 6.92 Å². The number of aryl methyl sites for hydroxylation is 1. The molecule has 0 fully saturated rings. The summed E-state index contributed by atoms with van der Waals surface area (Å²) >= 11 is 5.76. The Balaban J connectivity index is 0.000000249. The summed E-state index contributed by atoms with van der Waals surface area (Å²) in [4.78, 5) is 14.9. The normalized spacial score (nSPS) is 9.41. The summed E-state index contributed by atoms with van der Waals surface area (Å²) in [6.07, 6.45) is 2.54. The van der Waals surface area contributed by atoms with E-state index in [9.17, 15) is 4.79 Å². The van der Waals surface area contributed by atoms with Crippen molar-refractivity contribution in [3.05, 3.63) is 41.2 Å². The number of pyridine rings is 1. The van der Waals surface area contributed by atoms with Crippen LogP contribution in [-0.4, -0.2) is 30.4 Å². The van der Waals surface area contributed by atoms with E-state index in [2.05, 4.69) is 24.0 Å². The van der Waals surface area contributed by atoms with Crippen molar-refractivity contribution in [3.8, 4) is 0 Å². The lowest BCUT2D eigenvalue weighted by Crippen LogP contribution is -2.06. The molecule has 0 aliphatic carbocycles. The van der Waals surface area contributed by atoms with Gasteiger partial charge in [-0.2, -0.15) is 0 Å². The number of carbonyl (C=O) groups excluding carboxylic acids is 1. The van der Waals surface area contributed by atoms with Crippen LogP contribution in [-0.2, 0) is 4.79 Å². The summed E-state index contributed by atoms with van der Waals surface area (Å²) in [7, 11) is 3.38. The summed E-state index contributed by atoms with van der Waals surface area (Å²) < 4.78 is 0. The number of halogens is 1. The van der Waals surface area contributed by atoms with Crippen LogP contribution in [0.25, 0.3) is 10.8 Å². The van der Waals surface area contributed by atoms with Gasteiger partial charge in [0.05, 0.1) is 0 Å². The van der Waals surface area contributed by atoms with E-state index >= 15 is 0 Å². The number of hydrogen-bond donors (Lipinski definition) is 0. The second-order valence-electron chi connectivity index (χ2n) is 3.93. The molecule has 2 aromatic rings. The highest BCUT2D eigenvalue weighted by molar-refractivity contribution is 6.30. The van der Waals surface area contributed by atoms with Gasteiger partial charge in [-0.15, -0.1) is 0 Å². The fourth-order valence-electron chi connectivity index (χ4n) is 1.23. The second kappa shape index (κ2) is 6.21. The molecule has 1 heterocycles. The van der Waals surface area contributed by atoms with Crippen LogP contribution in [0.4, 0.5) is 0 Å². The molecule has 3 nitrogen and oxygen atoms in total. The van der Waals surface area contributed by atoms with Gasteiger partial charge < -0.3 is 4.90 Å². The van der Waals surface area contributed by atoms with Crippen molar-refractivity contribution in [2.75, 3.05) is 14.1 Å². The molecule has 4 heteroatoms. The van der Waals surface area contributed by atoms with Crippen molar-refractivity contribution in [1.29, 1.82) is 0 Å². The van der Waals surface area contributed by atoms with E-state index in [0.717, 1.165) is 17.2 Å². The number of carbonyl (C=O) groups is 1. The average Bonchev–Trinajstić information content (AvgIpc) is 2.29. The standard InChI is InChI=1S/C10H8ClN.C3H7NO/c1-7-2-3-8-6-12-10(11)5-9(8)4-7;1-4(2)3-5/h2-6H,1H3;3H,1-2H3. The molecule has 0 aliphatic rings. The van der Waals surface area contributed by atoms with Crippen molar-refractivity contribution in [2.45, 2.75) is 6.92 Å². The Morgan fingerprint density at radius 3 is 2.47 bits per heavy atom. The molecule has 0 saturated carbocycles. The average molecular weight is 251 g/mol. The van der Waals surface area contributed by atoms with Gasteiger partial charge in [-0.3, -0.25) is 4.79 Å². The Hall–Kier alpha value is -1.61. The topological polar surface area (TPSA) is 33.2 Å². The highest BCUT2D eigenvalue weighted by Gasteiger charge is 1.94. The molecule has 1 aromatic heterocycles. The Kier molecular flexibility index (Phi) is 4.91. The zero-order chi connectivity index (χ0) is 12.8. The number of nitrogens with zero attached hydrogens (tertiary/aromatic N) is 2. The first-order chi connectivity index (χ1) is 8.02. The molecule has 2 rings (SSSR count). The number of fused-ring (bicyclic) bond motifs is 1. The summed E-state index contributed by atoms with van der Waals surface area (Å²) in [6.45, 7) is 2.06. The van der Waals surface area contributed by atoms with E-state index in [4.69, 9.17) is 11.6 Å². The summed E-state index contributed by atoms with van der Waals surface area (Å²) in [5.41, 5.74) is 1.24. The van der Waals surface area contributed by atoms with Gasteiger partial charge in [0.1, 0.15) is 5.15 Å². The van der Waals surface area contributed by atoms with E-state index in [-0.39, 0.29) is 0 Å². The second-order valence-corrected chi connectivity index (χ2v) is 4.31. The highest BCUT2D eigenvalue weighted by Crippen LogP contribution is 2.17. The van der Waals surface area contributed by atoms with Gasteiger partial charge in [-0.05, 0) is 18.4 Å². The van der Waals surface area contributed by atoms with E-state index in [1.54, 1.807) is 20.3 Å². The van der Waals surface area contributed by atoms with Crippen LogP contribution in [0.15, 0.2) is 30.5 Å². The van der Waals surface area contributed by atoms with Crippen LogP contribution in [0.5, 0.6) is 0 Å². The monoisotopic (exact) mass is 250 g/mol. The first-order valence-corrected chi connectivity index (χ1v) is 5.54. The molecule has 0 radical (unpaired) electrons. The maximum Gasteiger partial charge on any atom is 0.209 e. The lowest BCUT2D eigenvalue weighted by Gasteiger charge is -1.98. The van der Waals surface area contributed by atoms with Crippen molar-refractivity contribution in [1.82, 2.24) is 9.88 Å². The van der Waals surface area contributed by atoms with E-state index in [1.807, 2.05) is 12.1 Å². The molecular formula is C13H15ClN2O. The quantitative estimate of drug-likeness (QED) is 0.576. The summed E-state index contributed by atoms with van der Waals surface area (Å²) in [5, 5.41) is 2.83. The minimum Gasteiger partial charge on any atom is -0.351 e. The molecule has 0 aliphatic heterocycles. The van der Waals surface area contributed by atoms with Crippen LogP contribution < -0.4 is 0 Å². The maximum absolute atomic E-state index is 9.43. The Bertz CT molecular complexity index is 475. The minimum atomic E-state index is 0.549. The van der Waals surface area contributed by atoms with Crippen molar-refractivity contribution >= 4 is 28.8 Å². The first kappa shape index (κ1) is 13.5. The van der Waals surface area contributed by atoms with Gasteiger partial charge in [0.25, 0.3) is 0 Å². The fraction of sp³-hybridized carbons (Fsp3) is 0.231. The summed E-state index contributed by atoms with van der Waals surface area (Å²) in [5.74, 6) is 0. The zero-order valence-electron chi connectivity index (χ0n) is 10.1. The Morgan fingerprint density at radius 2 is 1.88 bits per heavy atom. The lowest BCUT2D eigenvalue weighted by molar-refractivity contribution is -0.115. The van der Waals surface area contributed by atoms with Gasteiger partial charge in [0.2, 0.25) is 6.41 Å². The lowest BCUT2D eigenvalue weighted by atomic mass is 10.1. The van der Waals surface area contributed by atoms with Gasteiger partial charge in [0.15, 0.2) is 0 Å².